The number of ketones is 1. The van der Waals surface area contributed by atoms with Gasteiger partial charge in [0.05, 0.1) is 5.52 Å². The molecule has 4 aromatic rings. The van der Waals surface area contributed by atoms with Gasteiger partial charge >= 0.3 is 11.7 Å². The molecule has 0 amide bonds. The summed E-state index contributed by atoms with van der Waals surface area (Å²) < 4.78 is 11.3. The number of aromatic amines is 1. The molecule has 0 atom stereocenters. The number of nitrogens with one attached hydrogen (secondary N) is 1. The Kier molecular flexibility index (Phi) is 3.89. The molecule has 0 bridgehead atoms. The van der Waals surface area contributed by atoms with Gasteiger partial charge in [0, 0.05) is 22.7 Å². The predicted octanol–water partition coefficient (Wildman–Crippen LogP) is 2.50. The number of oxazole rings is 1. The van der Waals surface area contributed by atoms with Crippen molar-refractivity contribution in [1.29, 1.82) is 0 Å². The van der Waals surface area contributed by atoms with Crippen molar-refractivity contribution in [1.82, 2.24) is 9.55 Å². The first kappa shape index (κ1) is 15.9. The molecule has 0 saturated carbocycles. The molecule has 7 nitrogen and oxygen atoms in total. The van der Waals surface area contributed by atoms with E-state index in [4.69, 9.17) is 9.15 Å². The van der Waals surface area contributed by atoms with Crippen molar-refractivity contribution < 1.29 is 18.7 Å². The number of benzene rings is 2. The van der Waals surface area contributed by atoms with Crippen LogP contribution in [0.25, 0.3) is 22.0 Å². The topological polar surface area (TPSA) is 94.3 Å². The summed E-state index contributed by atoms with van der Waals surface area (Å²) in [5, 5.41) is 0.769. The number of rotatable bonds is 5. The van der Waals surface area contributed by atoms with Crippen LogP contribution in [-0.4, -0.2) is 27.9 Å². The number of hydrogen-bond acceptors (Lipinski definition) is 5. The standard InChI is InChI=1S/C19H14N2O5/c22-16(13-9-20-14-6-2-1-5-12(13)14)11-25-18(23)10-21-15-7-3-4-8-17(15)26-19(21)24/h1-9,20H,10-11H2. The number of fused-ring (bicyclic) bond motifs is 2. The Morgan fingerprint density at radius 2 is 1.85 bits per heavy atom. The van der Waals surface area contributed by atoms with Crippen LogP contribution in [0.3, 0.4) is 0 Å². The maximum absolute atomic E-state index is 12.3. The summed E-state index contributed by atoms with van der Waals surface area (Å²) in [7, 11) is 0. The quantitative estimate of drug-likeness (QED) is 0.441. The normalized spacial score (nSPS) is 11.1. The van der Waals surface area contributed by atoms with Crippen molar-refractivity contribution in [3.63, 3.8) is 0 Å². The fraction of sp³-hybridized carbons (Fsp3) is 0.105. The summed E-state index contributed by atoms with van der Waals surface area (Å²) in [6, 6.07) is 14.1. The first-order valence-corrected chi connectivity index (χ1v) is 7.97. The van der Waals surface area contributed by atoms with Gasteiger partial charge in [-0.15, -0.1) is 0 Å². The monoisotopic (exact) mass is 350 g/mol. The van der Waals surface area contributed by atoms with Crippen molar-refractivity contribution in [3.05, 3.63) is 70.8 Å². The summed E-state index contributed by atoms with van der Waals surface area (Å²) in [6.45, 7) is -0.720. The average Bonchev–Trinajstić information content (AvgIpc) is 3.21. The maximum atomic E-state index is 12.3. The highest BCUT2D eigenvalue weighted by molar-refractivity contribution is 6.08. The van der Waals surface area contributed by atoms with E-state index in [0.29, 0.717) is 16.7 Å². The van der Waals surface area contributed by atoms with E-state index in [1.807, 2.05) is 24.3 Å². The van der Waals surface area contributed by atoms with E-state index < -0.39 is 18.3 Å². The highest BCUT2D eigenvalue weighted by Crippen LogP contribution is 2.18. The smallest absolute Gasteiger partial charge is 0.420 e. The second-order valence-corrected chi connectivity index (χ2v) is 5.75. The number of esters is 1. The molecular formula is C19H14N2O5. The third kappa shape index (κ3) is 2.79. The van der Waals surface area contributed by atoms with Gasteiger partial charge in [-0.1, -0.05) is 30.3 Å². The number of H-pyrrole nitrogens is 1. The van der Waals surface area contributed by atoms with Crippen LogP contribution in [0.15, 0.2) is 63.9 Å². The Hall–Kier alpha value is -3.61. The number of aromatic nitrogens is 2. The lowest BCUT2D eigenvalue weighted by Gasteiger charge is -2.04. The molecule has 0 spiro atoms. The molecule has 2 heterocycles. The third-order valence-corrected chi connectivity index (χ3v) is 4.11. The number of nitrogens with zero attached hydrogens (tertiary/aromatic N) is 1. The number of Topliss-reactive ketones (excluding diaryl/α,β-unsaturated/α-hetero) is 1. The fourth-order valence-corrected chi connectivity index (χ4v) is 2.86. The van der Waals surface area contributed by atoms with Crippen LogP contribution in [0, 0.1) is 0 Å². The lowest BCUT2D eigenvalue weighted by molar-refractivity contribution is -0.143. The molecule has 2 aromatic carbocycles. The van der Waals surface area contributed by atoms with Gasteiger partial charge in [-0.05, 0) is 18.2 Å². The summed E-state index contributed by atoms with van der Waals surface area (Å²) in [5.41, 5.74) is 2.18. The number of ether oxygens (including phenoxy) is 1. The highest BCUT2D eigenvalue weighted by Gasteiger charge is 2.16. The summed E-state index contributed by atoms with van der Waals surface area (Å²) in [5.74, 6) is -1.65. The Labute approximate surface area is 146 Å². The van der Waals surface area contributed by atoms with Gasteiger partial charge < -0.3 is 14.1 Å². The largest absolute Gasteiger partial charge is 0.456 e. The minimum absolute atomic E-state index is 0.319. The van der Waals surface area contributed by atoms with Crippen molar-refractivity contribution in [2.75, 3.05) is 6.61 Å². The van der Waals surface area contributed by atoms with E-state index >= 15 is 0 Å². The molecule has 0 unspecified atom stereocenters. The van der Waals surface area contributed by atoms with Gasteiger partial charge in [0.25, 0.3) is 0 Å². The third-order valence-electron chi connectivity index (χ3n) is 4.11. The van der Waals surface area contributed by atoms with Crippen LogP contribution in [0.5, 0.6) is 0 Å². The summed E-state index contributed by atoms with van der Waals surface area (Å²) >= 11 is 0. The minimum Gasteiger partial charge on any atom is -0.456 e. The van der Waals surface area contributed by atoms with Crippen LogP contribution in [0.4, 0.5) is 0 Å². The van der Waals surface area contributed by atoms with E-state index in [1.165, 1.54) is 4.57 Å². The van der Waals surface area contributed by atoms with Gasteiger partial charge in [0.2, 0.25) is 5.78 Å². The molecule has 130 valence electrons. The Bertz CT molecular complexity index is 1180. The molecule has 0 fully saturated rings. The minimum atomic E-state index is -0.688. The zero-order valence-electron chi connectivity index (χ0n) is 13.6. The Morgan fingerprint density at radius 1 is 1.08 bits per heavy atom. The van der Waals surface area contributed by atoms with Crippen molar-refractivity contribution in [2.24, 2.45) is 0 Å². The number of carbonyl (C=O) groups excluding carboxylic acids is 2. The summed E-state index contributed by atoms with van der Waals surface area (Å²) in [4.78, 5) is 39.2. The van der Waals surface area contributed by atoms with Gasteiger partial charge in [-0.2, -0.15) is 0 Å². The molecule has 1 N–H and O–H groups in total. The molecule has 4 rings (SSSR count). The predicted molar refractivity (Wildman–Crippen MR) is 94.1 cm³/mol. The van der Waals surface area contributed by atoms with E-state index in [2.05, 4.69) is 4.98 Å². The van der Waals surface area contributed by atoms with Crippen LogP contribution in [0.1, 0.15) is 10.4 Å². The van der Waals surface area contributed by atoms with Crippen molar-refractivity contribution in [2.45, 2.75) is 6.54 Å². The lowest BCUT2D eigenvalue weighted by Crippen LogP contribution is -2.23. The van der Waals surface area contributed by atoms with E-state index in [-0.39, 0.29) is 12.3 Å². The second-order valence-electron chi connectivity index (χ2n) is 5.75. The first-order chi connectivity index (χ1) is 12.6. The second kappa shape index (κ2) is 6.36. The van der Waals surface area contributed by atoms with E-state index in [1.54, 1.807) is 30.5 Å². The molecule has 0 aliphatic heterocycles. The number of para-hydroxylation sites is 3. The zero-order valence-corrected chi connectivity index (χ0v) is 13.6. The molecule has 0 aliphatic carbocycles. The molecule has 0 saturated heterocycles. The number of carbonyl (C=O) groups is 2. The van der Waals surface area contributed by atoms with Crippen LogP contribution in [0.2, 0.25) is 0 Å². The van der Waals surface area contributed by atoms with Crippen LogP contribution >= 0.6 is 0 Å². The average molecular weight is 350 g/mol. The Morgan fingerprint density at radius 3 is 2.73 bits per heavy atom. The summed E-state index contributed by atoms with van der Waals surface area (Å²) in [6.07, 6.45) is 1.59. The fourth-order valence-electron chi connectivity index (χ4n) is 2.86. The first-order valence-electron chi connectivity index (χ1n) is 7.97. The molecular weight excluding hydrogens is 336 g/mol. The van der Waals surface area contributed by atoms with Crippen LogP contribution < -0.4 is 5.76 Å². The van der Waals surface area contributed by atoms with Gasteiger partial charge in [-0.25, -0.2) is 4.79 Å². The van der Waals surface area contributed by atoms with Gasteiger partial charge in [-0.3, -0.25) is 14.2 Å². The molecule has 2 aromatic heterocycles. The van der Waals surface area contributed by atoms with Gasteiger partial charge in [0.1, 0.15) is 6.54 Å². The number of hydrogen-bond donors (Lipinski definition) is 1. The molecule has 26 heavy (non-hydrogen) atoms. The lowest BCUT2D eigenvalue weighted by atomic mass is 10.1. The van der Waals surface area contributed by atoms with Gasteiger partial charge in [0.15, 0.2) is 12.2 Å². The van der Waals surface area contributed by atoms with Crippen molar-refractivity contribution in [3.8, 4) is 0 Å². The Balaban J connectivity index is 1.46. The molecule has 0 aliphatic rings. The van der Waals surface area contributed by atoms with E-state index in [0.717, 1.165) is 10.9 Å². The SMILES string of the molecule is O=C(Cn1c(=O)oc2ccccc21)OCC(=O)c1c[nH]c2ccccc12. The maximum Gasteiger partial charge on any atom is 0.420 e. The molecule has 0 radical (unpaired) electrons. The van der Waals surface area contributed by atoms with Crippen molar-refractivity contribution >= 4 is 33.8 Å². The molecule has 7 heteroatoms. The van der Waals surface area contributed by atoms with Crippen LogP contribution in [-0.2, 0) is 16.1 Å². The van der Waals surface area contributed by atoms with E-state index in [9.17, 15) is 14.4 Å². The zero-order chi connectivity index (χ0) is 18.1. The highest BCUT2D eigenvalue weighted by atomic mass is 16.5.